The summed E-state index contributed by atoms with van der Waals surface area (Å²) in [6, 6.07) is 12.7. The van der Waals surface area contributed by atoms with Gasteiger partial charge in [0.05, 0.1) is 12.1 Å². The Bertz CT molecular complexity index is 1800. The van der Waals surface area contributed by atoms with Gasteiger partial charge < -0.3 is 30.7 Å². The number of carbonyl (C=O) groups excluding carboxylic acids is 5. The minimum absolute atomic E-state index is 0.0671. The summed E-state index contributed by atoms with van der Waals surface area (Å²) in [6.45, 7) is 21.0. The number of aryl methyl sites for hydroxylation is 2. The van der Waals surface area contributed by atoms with Crippen molar-refractivity contribution < 1.29 is 24.0 Å². The molecule has 4 rings (SSSR count). The molecule has 2 heterocycles. The Hall–Kier alpha value is -4.51. The van der Waals surface area contributed by atoms with Crippen molar-refractivity contribution in [1.82, 2.24) is 30.7 Å². The van der Waals surface area contributed by atoms with Crippen molar-refractivity contribution in [1.29, 1.82) is 0 Å². The lowest BCUT2D eigenvalue weighted by Crippen LogP contribution is -2.61. The molecular weight excluding hydrogens is 717 g/mol. The molecule has 0 bridgehead atoms. The Morgan fingerprint density at radius 2 is 1.47 bits per heavy atom. The number of nitrogens with one attached hydrogen (secondary N) is 3. The minimum atomic E-state index is -0.856. The van der Waals surface area contributed by atoms with E-state index in [4.69, 9.17) is 0 Å². The van der Waals surface area contributed by atoms with Gasteiger partial charge in [-0.25, -0.2) is 0 Å². The van der Waals surface area contributed by atoms with Crippen molar-refractivity contribution in [3.05, 3.63) is 82.4 Å². The van der Waals surface area contributed by atoms with Crippen LogP contribution >= 0.6 is 0 Å². The number of rotatable bonds is 14. The van der Waals surface area contributed by atoms with Crippen LogP contribution in [0.1, 0.15) is 103 Å². The maximum Gasteiger partial charge on any atom is 0.249 e. The standard InChI is InChI=1S/C46H68N6O5/c1-29(2)37(50(12)44(57)39(45(6,7)8)49-41(54)38(47-11)46(9,10)34-23-22-30(3)31(4)26-34)27-32(5)42(55)52-25-17-21-36(52)43(56)51-24-16-20-35(51)40(53)48-28-33-18-14-13-15-19-33/h13-15,18-19,22-23,26-27,29,35-39,47H,16-17,20-21,24-25,28H2,1-12H3,(H,48,53)(H,49,54)/b32-27+/t35-,36-,37+,38+,39+/m0/s1. The third-order valence-electron chi connectivity index (χ3n) is 12.1. The Morgan fingerprint density at radius 1 is 0.860 bits per heavy atom. The second-order valence-corrected chi connectivity index (χ2v) is 18.1. The maximum atomic E-state index is 14.5. The Labute approximate surface area is 341 Å². The molecular formula is C46H68N6O5. The first kappa shape index (κ1) is 45.2. The monoisotopic (exact) mass is 785 g/mol. The van der Waals surface area contributed by atoms with Crippen LogP contribution in [0.5, 0.6) is 0 Å². The number of likely N-dealkylation sites (tertiary alicyclic amines) is 2. The summed E-state index contributed by atoms with van der Waals surface area (Å²) < 4.78 is 0. The number of amides is 5. The fourth-order valence-corrected chi connectivity index (χ4v) is 8.32. The lowest BCUT2D eigenvalue weighted by Gasteiger charge is -2.40. The number of hydrogen-bond donors (Lipinski definition) is 3. The van der Waals surface area contributed by atoms with E-state index in [0.29, 0.717) is 44.5 Å². The van der Waals surface area contributed by atoms with Crippen LogP contribution in [0, 0.1) is 25.2 Å². The van der Waals surface area contributed by atoms with Crippen LogP contribution in [0.2, 0.25) is 0 Å². The van der Waals surface area contributed by atoms with Crippen molar-refractivity contribution in [3.63, 3.8) is 0 Å². The van der Waals surface area contributed by atoms with Crippen LogP contribution in [-0.2, 0) is 35.9 Å². The predicted molar refractivity (Wildman–Crippen MR) is 226 cm³/mol. The van der Waals surface area contributed by atoms with Crippen LogP contribution in [0.15, 0.2) is 60.2 Å². The molecule has 0 spiro atoms. The first-order valence-electron chi connectivity index (χ1n) is 20.6. The van der Waals surface area contributed by atoms with E-state index in [1.165, 1.54) is 5.56 Å². The van der Waals surface area contributed by atoms with Gasteiger partial charge in [0.15, 0.2) is 0 Å². The number of nitrogens with zero attached hydrogens (tertiary/aromatic N) is 3. The fraction of sp³-hybridized carbons (Fsp3) is 0.587. The number of carbonyl (C=O) groups is 5. The second kappa shape index (κ2) is 18.8. The zero-order valence-corrected chi connectivity index (χ0v) is 36.5. The third-order valence-corrected chi connectivity index (χ3v) is 12.1. The summed E-state index contributed by atoms with van der Waals surface area (Å²) >= 11 is 0. The molecule has 2 aliphatic rings. The summed E-state index contributed by atoms with van der Waals surface area (Å²) in [4.78, 5) is 75.0. The highest BCUT2D eigenvalue weighted by Gasteiger charge is 2.44. The average Bonchev–Trinajstić information content (AvgIpc) is 3.86. The van der Waals surface area contributed by atoms with Crippen molar-refractivity contribution in [2.45, 2.75) is 137 Å². The molecule has 2 fully saturated rings. The lowest BCUT2D eigenvalue weighted by atomic mass is 9.76. The van der Waals surface area contributed by atoms with Gasteiger partial charge >= 0.3 is 0 Å². The highest BCUT2D eigenvalue weighted by Crippen LogP contribution is 2.31. The van der Waals surface area contributed by atoms with Crippen LogP contribution < -0.4 is 16.0 Å². The van der Waals surface area contributed by atoms with E-state index < -0.39 is 41.0 Å². The fourth-order valence-electron chi connectivity index (χ4n) is 8.32. The smallest absolute Gasteiger partial charge is 0.249 e. The van der Waals surface area contributed by atoms with Gasteiger partial charge in [0, 0.05) is 37.7 Å². The maximum absolute atomic E-state index is 14.5. The van der Waals surface area contributed by atoms with Gasteiger partial charge in [-0.2, -0.15) is 0 Å². The molecule has 2 aliphatic heterocycles. The molecule has 0 radical (unpaired) electrons. The van der Waals surface area contributed by atoms with E-state index in [-0.39, 0.29) is 35.5 Å². The molecule has 2 aromatic rings. The summed E-state index contributed by atoms with van der Waals surface area (Å²) in [7, 11) is 3.48. The summed E-state index contributed by atoms with van der Waals surface area (Å²) in [5.74, 6) is -1.23. The Morgan fingerprint density at radius 3 is 2.05 bits per heavy atom. The Balaban J connectivity index is 1.49. The SMILES string of the molecule is CN[C@H](C(=O)N[C@H](C(=O)N(C)[C@H](/C=C(\C)C(=O)N1CCC[C@H]1C(=O)N1CCC[C@H]1C(=O)NCc1ccccc1)C(C)C)C(C)(C)C)C(C)(C)c1ccc(C)c(C)c1. The van der Waals surface area contributed by atoms with Crippen LogP contribution in [0.3, 0.4) is 0 Å². The van der Waals surface area contributed by atoms with E-state index in [1.807, 2.05) is 84.9 Å². The van der Waals surface area contributed by atoms with Crippen LogP contribution in [-0.4, -0.2) is 102 Å². The van der Waals surface area contributed by atoms with Crippen LogP contribution in [0.4, 0.5) is 0 Å². The van der Waals surface area contributed by atoms with E-state index >= 15 is 0 Å². The van der Waals surface area contributed by atoms with Gasteiger partial charge in [-0.3, -0.25) is 24.0 Å². The lowest BCUT2D eigenvalue weighted by molar-refractivity contribution is -0.145. The number of benzene rings is 2. The summed E-state index contributed by atoms with van der Waals surface area (Å²) in [6.07, 6.45) is 4.33. The molecule has 11 nitrogen and oxygen atoms in total. The molecule has 312 valence electrons. The second-order valence-electron chi connectivity index (χ2n) is 18.1. The van der Waals surface area contributed by atoms with Crippen molar-refractivity contribution in [3.8, 4) is 0 Å². The normalized spacial score (nSPS) is 19.3. The van der Waals surface area contributed by atoms with E-state index in [0.717, 1.165) is 23.1 Å². The highest BCUT2D eigenvalue weighted by atomic mass is 16.2. The topological polar surface area (TPSA) is 131 Å². The molecule has 57 heavy (non-hydrogen) atoms. The number of hydrogen-bond acceptors (Lipinski definition) is 6. The molecule has 2 saturated heterocycles. The van der Waals surface area contributed by atoms with Gasteiger partial charge in [0.2, 0.25) is 29.5 Å². The average molecular weight is 785 g/mol. The number of likely N-dealkylation sites (N-methyl/N-ethyl adjacent to an activating group) is 2. The molecule has 0 aromatic heterocycles. The van der Waals surface area contributed by atoms with E-state index in [9.17, 15) is 24.0 Å². The molecule has 5 amide bonds. The van der Waals surface area contributed by atoms with Gasteiger partial charge in [0.25, 0.3) is 0 Å². The van der Waals surface area contributed by atoms with Crippen molar-refractivity contribution >= 4 is 29.5 Å². The molecule has 0 unspecified atom stereocenters. The van der Waals surface area contributed by atoms with Gasteiger partial charge in [0.1, 0.15) is 18.1 Å². The zero-order valence-electron chi connectivity index (χ0n) is 36.5. The van der Waals surface area contributed by atoms with E-state index in [2.05, 4.69) is 48.0 Å². The minimum Gasteiger partial charge on any atom is -0.350 e. The summed E-state index contributed by atoms with van der Waals surface area (Å²) in [5, 5.41) is 9.33. The van der Waals surface area contributed by atoms with Crippen molar-refractivity contribution in [2.24, 2.45) is 11.3 Å². The van der Waals surface area contributed by atoms with Gasteiger partial charge in [-0.1, -0.05) is 103 Å². The van der Waals surface area contributed by atoms with E-state index in [1.54, 1.807) is 35.7 Å². The largest absolute Gasteiger partial charge is 0.350 e. The Kier molecular flexibility index (Phi) is 14.9. The zero-order chi connectivity index (χ0) is 42.4. The molecule has 2 aromatic carbocycles. The first-order valence-corrected chi connectivity index (χ1v) is 20.6. The summed E-state index contributed by atoms with van der Waals surface area (Å²) in [5.41, 5.74) is 3.55. The van der Waals surface area contributed by atoms with Crippen LogP contribution in [0.25, 0.3) is 0 Å². The van der Waals surface area contributed by atoms with Crippen molar-refractivity contribution in [2.75, 3.05) is 27.2 Å². The molecule has 0 aliphatic carbocycles. The predicted octanol–water partition coefficient (Wildman–Crippen LogP) is 5.43. The quantitative estimate of drug-likeness (QED) is 0.219. The molecule has 0 saturated carbocycles. The molecule has 5 atom stereocenters. The first-order chi connectivity index (χ1) is 26.7. The van der Waals surface area contributed by atoms with Gasteiger partial charge in [-0.05, 0) is 87.1 Å². The molecule has 3 N–H and O–H groups in total. The van der Waals surface area contributed by atoms with Gasteiger partial charge in [-0.15, -0.1) is 0 Å². The molecule has 11 heteroatoms. The highest BCUT2D eigenvalue weighted by molar-refractivity contribution is 5.98. The third kappa shape index (κ3) is 10.5.